The van der Waals surface area contributed by atoms with Gasteiger partial charge in [0.15, 0.2) is 0 Å². The van der Waals surface area contributed by atoms with Crippen LogP contribution in [0.4, 0.5) is 5.00 Å². The molecule has 0 spiro atoms. The second-order valence-corrected chi connectivity index (χ2v) is 8.16. The molecule has 0 unspecified atom stereocenters. The number of esters is 1. The van der Waals surface area contributed by atoms with Gasteiger partial charge in [0.2, 0.25) is 5.91 Å². The molecular weight excluding hydrogens is 400 g/mol. The number of nitrogens with one attached hydrogen (secondary N) is 1. The molecule has 150 valence electrons. The van der Waals surface area contributed by atoms with Crippen LogP contribution in [0.1, 0.15) is 30.1 Å². The number of carbonyl (C=O) groups is 2. The maximum absolute atomic E-state index is 12.6. The number of likely N-dealkylation sites (tertiary alicyclic amines) is 1. The minimum Gasteiger partial charge on any atom is -0.462 e. The van der Waals surface area contributed by atoms with E-state index < -0.39 is 5.97 Å². The number of anilines is 1. The molecule has 3 rings (SSSR count). The zero-order valence-electron chi connectivity index (χ0n) is 15.6. The number of rotatable bonds is 7. The summed E-state index contributed by atoms with van der Waals surface area (Å²) in [6.45, 7) is 2.91. The second kappa shape index (κ2) is 9.52. The molecule has 8 heteroatoms. The van der Waals surface area contributed by atoms with Gasteiger partial charge in [-0.2, -0.15) is 0 Å². The number of nitrogens with zero attached hydrogens (tertiary/aromatic N) is 1. The van der Waals surface area contributed by atoms with Crippen LogP contribution in [-0.2, 0) is 9.53 Å². The Morgan fingerprint density at radius 1 is 1.36 bits per heavy atom. The number of carbonyl (C=O) groups excluding carboxylic acids is 2. The SMILES string of the molecule is CCOC(=O)c1c(NC(=O)CN2CCC[C@H]2CO)sc(Cl)c1-c1ccccc1. The van der Waals surface area contributed by atoms with E-state index in [1.165, 1.54) is 0 Å². The predicted molar refractivity (Wildman–Crippen MR) is 111 cm³/mol. The predicted octanol–water partition coefficient (Wildman–Crippen LogP) is 3.64. The summed E-state index contributed by atoms with van der Waals surface area (Å²) in [7, 11) is 0. The fourth-order valence-corrected chi connectivity index (χ4v) is 4.80. The van der Waals surface area contributed by atoms with Gasteiger partial charge >= 0.3 is 5.97 Å². The van der Waals surface area contributed by atoms with E-state index >= 15 is 0 Å². The number of halogens is 1. The monoisotopic (exact) mass is 422 g/mol. The van der Waals surface area contributed by atoms with Crippen molar-refractivity contribution in [3.63, 3.8) is 0 Å². The lowest BCUT2D eigenvalue weighted by atomic mass is 10.0. The molecule has 2 N–H and O–H groups in total. The zero-order valence-corrected chi connectivity index (χ0v) is 17.2. The summed E-state index contributed by atoms with van der Waals surface area (Å²) < 4.78 is 5.62. The standard InChI is InChI=1S/C20H23ClN2O4S/c1-2-27-20(26)17-16(13-7-4-3-5-8-13)18(21)28-19(17)22-15(25)11-23-10-6-9-14(23)12-24/h3-5,7-8,14,24H,2,6,9-12H2,1H3,(H,22,25)/t14-/m0/s1. The third-order valence-corrected chi connectivity index (χ3v) is 6.03. The molecule has 2 heterocycles. The molecule has 6 nitrogen and oxygen atoms in total. The quantitative estimate of drug-likeness (QED) is 0.666. The lowest BCUT2D eigenvalue weighted by Crippen LogP contribution is -2.38. The second-order valence-electron chi connectivity index (χ2n) is 6.54. The Balaban J connectivity index is 1.88. The molecule has 1 aromatic heterocycles. The molecule has 1 amide bonds. The van der Waals surface area contributed by atoms with Gasteiger partial charge in [0.1, 0.15) is 14.9 Å². The van der Waals surface area contributed by atoms with Crippen molar-refractivity contribution < 1.29 is 19.4 Å². The number of aliphatic hydroxyl groups is 1. The van der Waals surface area contributed by atoms with E-state index in [0.717, 1.165) is 36.3 Å². The largest absolute Gasteiger partial charge is 0.462 e. The van der Waals surface area contributed by atoms with Gasteiger partial charge in [-0.1, -0.05) is 41.9 Å². The van der Waals surface area contributed by atoms with Gasteiger partial charge in [0, 0.05) is 11.6 Å². The molecule has 0 radical (unpaired) electrons. The van der Waals surface area contributed by atoms with E-state index in [9.17, 15) is 14.7 Å². The van der Waals surface area contributed by atoms with Crippen molar-refractivity contribution in [1.82, 2.24) is 4.90 Å². The van der Waals surface area contributed by atoms with Gasteiger partial charge in [-0.3, -0.25) is 9.69 Å². The van der Waals surface area contributed by atoms with E-state index in [-0.39, 0.29) is 37.3 Å². The molecule has 0 saturated carbocycles. The molecule has 28 heavy (non-hydrogen) atoms. The van der Waals surface area contributed by atoms with Crippen LogP contribution in [-0.4, -0.2) is 54.2 Å². The van der Waals surface area contributed by atoms with Gasteiger partial charge in [-0.25, -0.2) is 4.79 Å². The first-order chi connectivity index (χ1) is 13.5. The molecule has 1 fully saturated rings. The molecule has 0 bridgehead atoms. The van der Waals surface area contributed by atoms with Crippen LogP contribution >= 0.6 is 22.9 Å². The highest BCUT2D eigenvalue weighted by atomic mass is 35.5. The normalized spacial score (nSPS) is 16.9. The average Bonchev–Trinajstić information content (AvgIpc) is 3.26. The van der Waals surface area contributed by atoms with Gasteiger partial charge in [-0.05, 0) is 31.9 Å². The van der Waals surface area contributed by atoms with E-state index in [4.69, 9.17) is 16.3 Å². The van der Waals surface area contributed by atoms with Crippen LogP contribution < -0.4 is 5.32 Å². The van der Waals surface area contributed by atoms with Crippen molar-refractivity contribution >= 4 is 39.8 Å². The number of benzene rings is 1. The van der Waals surface area contributed by atoms with Crippen LogP contribution in [0.2, 0.25) is 4.34 Å². The Bertz CT molecular complexity index is 840. The number of ether oxygens (including phenoxy) is 1. The Kier molecular flexibility index (Phi) is 7.07. The summed E-state index contributed by atoms with van der Waals surface area (Å²) in [5.41, 5.74) is 1.62. The molecule has 1 atom stereocenters. The van der Waals surface area contributed by atoms with Crippen molar-refractivity contribution in [3.05, 3.63) is 40.2 Å². The average molecular weight is 423 g/mol. The first kappa shape index (κ1) is 20.8. The highest BCUT2D eigenvalue weighted by Gasteiger charge is 2.29. The lowest BCUT2D eigenvalue weighted by molar-refractivity contribution is -0.117. The first-order valence-electron chi connectivity index (χ1n) is 9.24. The van der Waals surface area contributed by atoms with E-state index in [1.54, 1.807) is 6.92 Å². The van der Waals surface area contributed by atoms with Gasteiger partial charge in [0.25, 0.3) is 0 Å². The minimum absolute atomic E-state index is 0.00193. The number of hydrogen-bond donors (Lipinski definition) is 2. The zero-order chi connectivity index (χ0) is 20.1. The van der Waals surface area contributed by atoms with Crippen LogP contribution in [0.15, 0.2) is 30.3 Å². The summed E-state index contributed by atoms with van der Waals surface area (Å²) >= 11 is 7.59. The summed E-state index contributed by atoms with van der Waals surface area (Å²) in [6, 6.07) is 9.32. The topological polar surface area (TPSA) is 78.9 Å². The molecule has 2 aromatic rings. The van der Waals surface area contributed by atoms with E-state index in [0.29, 0.717) is 14.9 Å². The number of thiophene rings is 1. The van der Waals surface area contributed by atoms with Gasteiger partial charge in [-0.15, -0.1) is 11.3 Å². The maximum atomic E-state index is 12.6. The Labute approximate surface area is 173 Å². The Morgan fingerprint density at radius 2 is 2.11 bits per heavy atom. The van der Waals surface area contributed by atoms with Gasteiger partial charge < -0.3 is 15.2 Å². The minimum atomic E-state index is -0.519. The Morgan fingerprint density at radius 3 is 2.79 bits per heavy atom. The van der Waals surface area contributed by atoms with Crippen LogP contribution in [0.3, 0.4) is 0 Å². The highest BCUT2D eigenvalue weighted by Crippen LogP contribution is 2.44. The molecule has 1 aromatic carbocycles. The molecular formula is C20H23ClN2O4S. The fraction of sp³-hybridized carbons (Fsp3) is 0.400. The van der Waals surface area contributed by atoms with Crippen molar-refractivity contribution in [1.29, 1.82) is 0 Å². The summed E-state index contributed by atoms with van der Waals surface area (Å²) in [4.78, 5) is 27.2. The van der Waals surface area contributed by atoms with E-state index in [1.807, 2.05) is 35.2 Å². The lowest BCUT2D eigenvalue weighted by Gasteiger charge is -2.21. The third kappa shape index (κ3) is 4.55. The first-order valence-corrected chi connectivity index (χ1v) is 10.4. The highest BCUT2D eigenvalue weighted by molar-refractivity contribution is 7.21. The fourth-order valence-electron chi connectivity index (χ4n) is 3.41. The van der Waals surface area contributed by atoms with Crippen molar-refractivity contribution in [2.45, 2.75) is 25.8 Å². The van der Waals surface area contributed by atoms with Crippen molar-refractivity contribution in [2.24, 2.45) is 0 Å². The van der Waals surface area contributed by atoms with Crippen LogP contribution in [0, 0.1) is 0 Å². The summed E-state index contributed by atoms with van der Waals surface area (Å²) in [6.07, 6.45) is 1.83. The van der Waals surface area contributed by atoms with Crippen LogP contribution in [0.5, 0.6) is 0 Å². The third-order valence-electron chi connectivity index (χ3n) is 4.72. The summed E-state index contributed by atoms with van der Waals surface area (Å²) in [5.74, 6) is -0.766. The van der Waals surface area contributed by atoms with Crippen molar-refractivity contribution in [3.8, 4) is 11.1 Å². The molecule has 0 aliphatic carbocycles. The van der Waals surface area contributed by atoms with Gasteiger partial charge in [0.05, 0.1) is 19.8 Å². The van der Waals surface area contributed by atoms with E-state index in [2.05, 4.69) is 5.32 Å². The maximum Gasteiger partial charge on any atom is 0.341 e. The Hall–Kier alpha value is -1.93. The van der Waals surface area contributed by atoms with Crippen LogP contribution in [0.25, 0.3) is 11.1 Å². The number of amides is 1. The van der Waals surface area contributed by atoms with Crippen molar-refractivity contribution in [2.75, 3.05) is 31.6 Å². The molecule has 1 saturated heterocycles. The summed E-state index contributed by atoms with van der Waals surface area (Å²) in [5, 5.41) is 12.6. The number of aliphatic hydroxyl groups excluding tert-OH is 1. The molecule has 1 aliphatic heterocycles. The number of hydrogen-bond acceptors (Lipinski definition) is 6. The smallest absolute Gasteiger partial charge is 0.341 e. The molecule has 1 aliphatic rings.